The summed E-state index contributed by atoms with van der Waals surface area (Å²) in [7, 11) is 0. The van der Waals surface area contributed by atoms with Crippen LogP contribution in [0.5, 0.6) is 0 Å². The number of amides is 1. The molecule has 1 amide bonds. The van der Waals surface area contributed by atoms with Crippen molar-refractivity contribution in [2.24, 2.45) is 5.92 Å². The Morgan fingerprint density at radius 3 is 3.00 bits per heavy atom. The summed E-state index contributed by atoms with van der Waals surface area (Å²) < 4.78 is 0. The van der Waals surface area contributed by atoms with Gasteiger partial charge < -0.3 is 15.7 Å². The molecule has 3 N–H and O–H groups in total. The zero-order valence-corrected chi connectivity index (χ0v) is 10.9. The normalized spacial score (nSPS) is 23.4. The van der Waals surface area contributed by atoms with E-state index in [0.29, 0.717) is 18.0 Å². The minimum absolute atomic E-state index is 0.0266. The van der Waals surface area contributed by atoms with Crippen LogP contribution in [0.15, 0.2) is 12.1 Å². The summed E-state index contributed by atoms with van der Waals surface area (Å²) in [5.74, 6) is 0.363. The van der Waals surface area contributed by atoms with Crippen LogP contribution in [0.4, 0.5) is 5.82 Å². The highest BCUT2D eigenvalue weighted by Crippen LogP contribution is 2.26. The van der Waals surface area contributed by atoms with Crippen molar-refractivity contribution in [2.45, 2.75) is 19.4 Å². The summed E-state index contributed by atoms with van der Waals surface area (Å²) in [6.07, 6.45) is 0.894. The van der Waals surface area contributed by atoms with Crippen molar-refractivity contribution in [1.82, 2.24) is 9.88 Å². The first kappa shape index (κ1) is 13.1. The molecule has 1 fully saturated rings. The summed E-state index contributed by atoms with van der Waals surface area (Å²) in [6.45, 7) is 2.65. The van der Waals surface area contributed by atoms with Gasteiger partial charge in [-0.25, -0.2) is 4.98 Å². The molecule has 2 rings (SSSR count). The van der Waals surface area contributed by atoms with Gasteiger partial charge in [0.2, 0.25) is 0 Å². The third-order valence-corrected chi connectivity index (χ3v) is 3.58. The second kappa shape index (κ2) is 5.12. The Kier molecular flexibility index (Phi) is 3.73. The number of aromatic nitrogens is 1. The third-order valence-electron chi connectivity index (χ3n) is 3.39. The van der Waals surface area contributed by atoms with Crippen LogP contribution in [0.1, 0.15) is 23.7 Å². The number of halogens is 1. The van der Waals surface area contributed by atoms with Gasteiger partial charge >= 0.3 is 0 Å². The summed E-state index contributed by atoms with van der Waals surface area (Å²) in [5.41, 5.74) is 5.99. The number of carbonyl (C=O) groups is 1. The Morgan fingerprint density at radius 2 is 2.39 bits per heavy atom. The average Bonchev–Trinajstić information content (AvgIpc) is 2.68. The van der Waals surface area contributed by atoms with Gasteiger partial charge in [0.15, 0.2) is 0 Å². The third kappa shape index (κ3) is 2.42. The molecule has 0 radical (unpaired) electrons. The Morgan fingerprint density at radius 1 is 1.67 bits per heavy atom. The monoisotopic (exact) mass is 269 g/mol. The number of nitrogen functional groups attached to an aromatic ring is 1. The highest BCUT2D eigenvalue weighted by Gasteiger charge is 2.34. The molecule has 6 heteroatoms. The van der Waals surface area contributed by atoms with E-state index in [0.717, 1.165) is 6.42 Å². The highest BCUT2D eigenvalue weighted by molar-refractivity contribution is 6.29. The summed E-state index contributed by atoms with van der Waals surface area (Å²) in [5, 5.41) is 9.55. The van der Waals surface area contributed by atoms with Crippen molar-refractivity contribution in [2.75, 3.05) is 18.9 Å². The summed E-state index contributed by atoms with van der Waals surface area (Å²) >= 11 is 5.79. The molecular formula is C12H16ClN3O2. The molecule has 5 nitrogen and oxygen atoms in total. The quantitative estimate of drug-likeness (QED) is 0.790. The first-order chi connectivity index (χ1) is 8.52. The standard InChI is InChI=1S/C12H16ClN3O2/c1-7-2-3-16(9(7)6-17)12(18)8-4-10(13)15-11(14)5-8/h4-5,7,9,17H,2-3,6H2,1H3,(H2,14,15). The van der Waals surface area contributed by atoms with Crippen LogP contribution >= 0.6 is 11.6 Å². The van der Waals surface area contributed by atoms with Crippen LogP contribution in [0.2, 0.25) is 5.15 Å². The largest absolute Gasteiger partial charge is 0.394 e. The molecule has 0 spiro atoms. The minimum Gasteiger partial charge on any atom is -0.394 e. The van der Waals surface area contributed by atoms with Gasteiger partial charge in [-0.3, -0.25) is 4.79 Å². The van der Waals surface area contributed by atoms with Crippen molar-refractivity contribution in [3.8, 4) is 0 Å². The lowest BCUT2D eigenvalue weighted by Crippen LogP contribution is -2.39. The Bertz CT molecular complexity index is 446. The maximum atomic E-state index is 12.3. The number of nitrogens with zero attached hydrogens (tertiary/aromatic N) is 2. The SMILES string of the molecule is CC1CCN(C(=O)c2cc(N)nc(Cl)c2)C1CO. The predicted octanol–water partition coefficient (Wildman–Crippen LogP) is 1.16. The molecular weight excluding hydrogens is 254 g/mol. The van der Waals surface area contributed by atoms with Crippen molar-refractivity contribution in [3.05, 3.63) is 22.8 Å². The molecule has 1 aliphatic heterocycles. The Hall–Kier alpha value is -1.33. The number of likely N-dealkylation sites (tertiary alicyclic amines) is 1. The topological polar surface area (TPSA) is 79.5 Å². The van der Waals surface area contributed by atoms with E-state index in [2.05, 4.69) is 4.98 Å². The first-order valence-electron chi connectivity index (χ1n) is 5.88. The van der Waals surface area contributed by atoms with Gasteiger partial charge in [0.1, 0.15) is 11.0 Å². The fourth-order valence-corrected chi connectivity index (χ4v) is 2.56. The van der Waals surface area contributed by atoms with E-state index in [4.69, 9.17) is 17.3 Å². The Labute approximate surface area is 111 Å². The van der Waals surface area contributed by atoms with E-state index in [1.807, 2.05) is 6.92 Å². The number of anilines is 1. The molecule has 0 saturated carbocycles. The Balaban J connectivity index is 2.25. The van der Waals surface area contributed by atoms with Gasteiger partial charge in [-0.15, -0.1) is 0 Å². The van der Waals surface area contributed by atoms with Gasteiger partial charge in [-0.05, 0) is 24.5 Å². The molecule has 1 aromatic heterocycles. The lowest BCUT2D eigenvalue weighted by atomic mass is 10.0. The number of rotatable bonds is 2. The fraction of sp³-hybridized carbons (Fsp3) is 0.500. The predicted molar refractivity (Wildman–Crippen MR) is 69.4 cm³/mol. The van der Waals surface area contributed by atoms with Gasteiger partial charge in [0.25, 0.3) is 5.91 Å². The van der Waals surface area contributed by atoms with Crippen molar-refractivity contribution >= 4 is 23.3 Å². The van der Waals surface area contributed by atoms with Gasteiger partial charge in [-0.1, -0.05) is 18.5 Å². The van der Waals surface area contributed by atoms with E-state index in [1.165, 1.54) is 12.1 Å². The maximum Gasteiger partial charge on any atom is 0.254 e. The summed E-state index contributed by atoms with van der Waals surface area (Å²) in [4.78, 5) is 17.8. The van der Waals surface area contributed by atoms with Crippen molar-refractivity contribution < 1.29 is 9.90 Å². The lowest BCUT2D eigenvalue weighted by molar-refractivity contribution is 0.0648. The van der Waals surface area contributed by atoms with Gasteiger partial charge in [-0.2, -0.15) is 0 Å². The number of aliphatic hydroxyl groups is 1. The van der Waals surface area contributed by atoms with E-state index in [9.17, 15) is 9.90 Å². The van der Waals surface area contributed by atoms with Crippen LogP contribution < -0.4 is 5.73 Å². The fourth-order valence-electron chi connectivity index (χ4n) is 2.35. The van der Waals surface area contributed by atoms with E-state index < -0.39 is 0 Å². The van der Waals surface area contributed by atoms with E-state index >= 15 is 0 Å². The molecule has 18 heavy (non-hydrogen) atoms. The maximum absolute atomic E-state index is 12.3. The van der Waals surface area contributed by atoms with Crippen LogP contribution in [0.3, 0.4) is 0 Å². The number of carbonyl (C=O) groups excluding carboxylic acids is 1. The summed E-state index contributed by atoms with van der Waals surface area (Å²) in [6, 6.07) is 2.87. The molecule has 2 heterocycles. The van der Waals surface area contributed by atoms with Crippen LogP contribution in [0, 0.1) is 5.92 Å². The molecule has 98 valence electrons. The molecule has 1 aliphatic rings. The number of aliphatic hydroxyl groups excluding tert-OH is 1. The van der Waals surface area contributed by atoms with Crippen LogP contribution in [-0.2, 0) is 0 Å². The van der Waals surface area contributed by atoms with Gasteiger partial charge in [0, 0.05) is 12.1 Å². The average molecular weight is 270 g/mol. The molecule has 0 bridgehead atoms. The number of hydrogen-bond acceptors (Lipinski definition) is 4. The molecule has 1 aromatic rings. The van der Waals surface area contributed by atoms with Crippen molar-refractivity contribution in [1.29, 1.82) is 0 Å². The minimum atomic E-state index is -0.158. The molecule has 0 aromatic carbocycles. The van der Waals surface area contributed by atoms with Gasteiger partial charge in [0.05, 0.1) is 12.6 Å². The second-order valence-electron chi connectivity index (χ2n) is 4.62. The second-order valence-corrected chi connectivity index (χ2v) is 5.01. The van der Waals surface area contributed by atoms with Crippen LogP contribution in [0.25, 0.3) is 0 Å². The first-order valence-corrected chi connectivity index (χ1v) is 6.25. The number of pyridine rings is 1. The lowest BCUT2D eigenvalue weighted by Gasteiger charge is -2.25. The molecule has 2 unspecified atom stereocenters. The smallest absolute Gasteiger partial charge is 0.254 e. The number of nitrogens with two attached hydrogens (primary N) is 1. The van der Waals surface area contributed by atoms with E-state index in [1.54, 1.807) is 4.90 Å². The molecule has 1 saturated heterocycles. The van der Waals surface area contributed by atoms with E-state index in [-0.39, 0.29) is 29.5 Å². The zero-order valence-electron chi connectivity index (χ0n) is 10.1. The van der Waals surface area contributed by atoms with Crippen LogP contribution in [-0.4, -0.2) is 40.1 Å². The zero-order chi connectivity index (χ0) is 13.3. The van der Waals surface area contributed by atoms with Crippen molar-refractivity contribution in [3.63, 3.8) is 0 Å². The highest BCUT2D eigenvalue weighted by atomic mass is 35.5. The molecule has 0 aliphatic carbocycles. The molecule has 2 atom stereocenters. The number of hydrogen-bond donors (Lipinski definition) is 2.